The van der Waals surface area contributed by atoms with E-state index in [2.05, 4.69) is 19.1 Å². The zero-order valence-corrected chi connectivity index (χ0v) is 11.9. The highest BCUT2D eigenvalue weighted by molar-refractivity contribution is 5.91. The molecule has 1 aromatic rings. The molecular weight excluding hydrogens is 238 g/mol. The summed E-state index contributed by atoms with van der Waals surface area (Å²) >= 11 is 0. The van der Waals surface area contributed by atoms with E-state index in [0.29, 0.717) is 12.8 Å². The fourth-order valence-corrected chi connectivity index (χ4v) is 2.72. The summed E-state index contributed by atoms with van der Waals surface area (Å²) < 4.78 is 0. The van der Waals surface area contributed by atoms with E-state index in [-0.39, 0.29) is 23.8 Å². The van der Waals surface area contributed by atoms with Crippen molar-refractivity contribution in [3.05, 3.63) is 35.4 Å². The zero-order valence-electron chi connectivity index (χ0n) is 11.9. The molecule has 0 bridgehead atoms. The van der Waals surface area contributed by atoms with Crippen LogP contribution in [0.1, 0.15) is 37.8 Å². The minimum atomic E-state index is -0.320. The molecule has 19 heavy (non-hydrogen) atoms. The van der Waals surface area contributed by atoms with Crippen LogP contribution in [0.2, 0.25) is 0 Å². The number of carbonyl (C=O) groups is 2. The summed E-state index contributed by atoms with van der Waals surface area (Å²) in [6.07, 6.45) is 1.69. The average Bonchev–Trinajstić information content (AvgIpc) is 2.61. The summed E-state index contributed by atoms with van der Waals surface area (Å²) in [5.41, 5.74) is 2.10. The monoisotopic (exact) mass is 259 g/mol. The Morgan fingerprint density at radius 1 is 1.32 bits per heavy atom. The minimum absolute atomic E-state index is 0.0825. The number of likely N-dealkylation sites (tertiary alicyclic amines) is 1. The van der Waals surface area contributed by atoms with E-state index in [1.54, 1.807) is 4.90 Å². The first-order valence-corrected chi connectivity index (χ1v) is 6.77. The molecule has 3 heteroatoms. The van der Waals surface area contributed by atoms with Gasteiger partial charge in [0.05, 0.1) is 6.54 Å². The molecule has 1 aliphatic rings. The molecule has 0 N–H and O–H groups in total. The first-order valence-electron chi connectivity index (χ1n) is 6.77. The number of carbonyl (C=O) groups excluding carboxylic acids is 2. The van der Waals surface area contributed by atoms with Crippen molar-refractivity contribution in [1.29, 1.82) is 0 Å². The van der Waals surface area contributed by atoms with Crippen LogP contribution in [-0.4, -0.2) is 28.7 Å². The Morgan fingerprint density at radius 3 is 2.58 bits per heavy atom. The molecule has 1 aromatic carbocycles. The van der Waals surface area contributed by atoms with Crippen molar-refractivity contribution in [3.63, 3.8) is 0 Å². The SMILES string of the molecule is Cc1ccccc1CCC(=O)N1CC(=O)CC1(C)C. The molecule has 102 valence electrons. The summed E-state index contributed by atoms with van der Waals surface area (Å²) in [5, 5.41) is 0. The maximum Gasteiger partial charge on any atom is 0.223 e. The quantitative estimate of drug-likeness (QED) is 0.836. The number of rotatable bonds is 3. The Balaban J connectivity index is 1.99. The molecular formula is C16H21NO2. The largest absolute Gasteiger partial charge is 0.330 e. The van der Waals surface area contributed by atoms with Gasteiger partial charge in [0.25, 0.3) is 0 Å². The van der Waals surface area contributed by atoms with Crippen molar-refractivity contribution >= 4 is 11.7 Å². The average molecular weight is 259 g/mol. The van der Waals surface area contributed by atoms with Crippen LogP contribution in [-0.2, 0) is 16.0 Å². The number of aryl methyl sites for hydroxylation is 2. The van der Waals surface area contributed by atoms with Crippen molar-refractivity contribution in [2.24, 2.45) is 0 Å². The molecule has 1 amide bonds. The third kappa shape index (κ3) is 3.03. The van der Waals surface area contributed by atoms with Gasteiger partial charge >= 0.3 is 0 Å². The number of ketones is 1. The van der Waals surface area contributed by atoms with Crippen LogP contribution in [0.3, 0.4) is 0 Å². The Labute approximate surface area is 114 Å². The lowest BCUT2D eigenvalue weighted by Gasteiger charge is -2.30. The predicted octanol–water partition coefficient (Wildman–Crippen LogP) is 2.51. The first-order chi connectivity index (χ1) is 8.90. The van der Waals surface area contributed by atoms with Gasteiger partial charge in [0.2, 0.25) is 5.91 Å². The molecule has 0 aliphatic carbocycles. The maximum atomic E-state index is 12.3. The fraction of sp³-hybridized carbons (Fsp3) is 0.500. The van der Waals surface area contributed by atoms with E-state index in [1.165, 1.54) is 11.1 Å². The van der Waals surface area contributed by atoms with Gasteiger partial charge in [0, 0.05) is 18.4 Å². The zero-order chi connectivity index (χ0) is 14.0. The van der Waals surface area contributed by atoms with Gasteiger partial charge < -0.3 is 4.90 Å². The summed E-state index contributed by atoms with van der Waals surface area (Å²) in [5.74, 6) is 0.244. The number of hydrogen-bond donors (Lipinski definition) is 0. The Hall–Kier alpha value is -1.64. The van der Waals surface area contributed by atoms with Crippen molar-refractivity contribution in [1.82, 2.24) is 4.90 Å². The molecule has 0 radical (unpaired) electrons. The second kappa shape index (κ2) is 5.16. The molecule has 0 saturated carbocycles. The Bertz CT molecular complexity index is 505. The first kappa shape index (κ1) is 13.8. The highest BCUT2D eigenvalue weighted by Gasteiger charge is 2.39. The molecule has 2 rings (SSSR count). The summed E-state index contributed by atoms with van der Waals surface area (Å²) in [6, 6.07) is 8.12. The van der Waals surface area contributed by atoms with Crippen molar-refractivity contribution in [2.45, 2.75) is 45.6 Å². The number of benzene rings is 1. The van der Waals surface area contributed by atoms with Gasteiger partial charge in [-0.2, -0.15) is 0 Å². The number of hydrogen-bond acceptors (Lipinski definition) is 2. The summed E-state index contributed by atoms with van der Waals surface area (Å²) in [7, 11) is 0. The van der Waals surface area contributed by atoms with Crippen molar-refractivity contribution in [3.8, 4) is 0 Å². The third-order valence-corrected chi connectivity index (χ3v) is 3.87. The van der Waals surface area contributed by atoms with Crippen LogP contribution < -0.4 is 0 Å². The van der Waals surface area contributed by atoms with Gasteiger partial charge in [-0.1, -0.05) is 24.3 Å². The van der Waals surface area contributed by atoms with Crippen molar-refractivity contribution < 1.29 is 9.59 Å². The van der Waals surface area contributed by atoms with Crippen LogP contribution in [0, 0.1) is 6.92 Å². The van der Waals surface area contributed by atoms with Gasteiger partial charge in [0.1, 0.15) is 0 Å². The van der Waals surface area contributed by atoms with E-state index in [9.17, 15) is 9.59 Å². The lowest BCUT2D eigenvalue weighted by Crippen LogP contribution is -2.42. The van der Waals surface area contributed by atoms with Crippen molar-refractivity contribution in [2.75, 3.05) is 6.54 Å². The van der Waals surface area contributed by atoms with Crippen LogP contribution in [0.4, 0.5) is 0 Å². The Kier molecular flexibility index (Phi) is 3.74. The van der Waals surface area contributed by atoms with Gasteiger partial charge in [-0.25, -0.2) is 0 Å². The topological polar surface area (TPSA) is 37.4 Å². The second-order valence-electron chi connectivity index (χ2n) is 5.93. The summed E-state index contributed by atoms with van der Waals surface area (Å²) in [4.78, 5) is 25.5. The van der Waals surface area contributed by atoms with Crippen LogP contribution >= 0.6 is 0 Å². The van der Waals surface area contributed by atoms with E-state index in [4.69, 9.17) is 0 Å². The lowest BCUT2D eigenvalue weighted by atomic mass is 10.00. The van der Waals surface area contributed by atoms with Gasteiger partial charge in [-0.15, -0.1) is 0 Å². The third-order valence-electron chi connectivity index (χ3n) is 3.87. The second-order valence-corrected chi connectivity index (χ2v) is 5.93. The molecule has 1 heterocycles. The standard InChI is InChI=1S/C16H21NO2/c1-12-6-4-5-7-13(12)8-9-15(19)17-11-14(18)10-16(17,2)3/h4-7H,8-11H2,1-3H3. The molecule has 0 aromatic heterocycles. The van der Waals surface area contributed by atoms with Crippen LogP contribution in [0.15, 0.2) is 24.3 Å². The molecule has 1 aliphatic heterocycles. The number of amides is 1. The maximum absolute atomic E-state index is 12.3. The molecule has 3 nitrogen and oxygen atoms in total. The van der Waals surface area contributed by atoms with Gasteiger partial charge in [-0.3, -0.25) is 9.59 Å². The van der Waals surface area contributed by atoms with Crippen LogP contribution in [0.5, 0.6) is 0 Å². The van der Waals surface area contributed by atoms with Gasteiger partial charge in [-0.05, 0) is 38.3 Å². The smallest absolute Gasteiger partial charge is 0.223 e. The number of nitrogens with zero attached hydrogens (tertiary/aromatic N) is 1. The highest BCUT2D eigenvalue weighted by atomic mass is 16.2. The van der Waals surface area contributed by atoms with E-state index in [0.717, 1.165) is 6.42 Å². The molecule has 1 fully saturated rings. The summed E-state index contributed by atoms with van der Waals surface area (Å²) in [6.45, 7) is 6.26. The lowest BCUT2D eigenvalue weighted by molar-refractivity contribution is -0.135. The molecule has 0 spiro atoms. The van der Waals surface area contributed by atoms with E-state index in [1.807, 2.05) is 26.0 Å². The Morgan fingerprint density at radius 2 is 2.00 bits per heavy atom. The molecule has 0 unspecified atom stereocenters. The molecule has 0 atom stereocenters. The van der Waals surface area contributed by atoms with Gasteiger partial charge in [0.15, 0.2) is 5.78 Å². The normalized spacial score (nSPS) is 17.8. The predicted molar refractivity (Wildman–Crippen MR) is 74.9 cm³/mol. The van der Waals surface area contributed by atoms with Crippen LogP contribution in [0.25, 0.3) is 0 Å². The fourth-order valence-electron chi connectivity index (χ4n) is 2.72. The molecule has 1 saturated heterocycles. The number of Topliss-reactive ketones (excluding diaryl/α,β-unsaturated/α-hetero) is 1. The van der Waals surface area contributed by atoms with E-state index >= 15 is 0 Å². The minimum Gasteiger partial charge on any atom is -0.330 e. The van der Waals surface area contributed by atoms with E-state index < -0.39 is 0 Å². The highest BCUT2D eigenvalue weighted by Crippen LogP contribution is 2.27.